The molecule has 0 unspecified atom stereocenters. The average molecular weight is 285 g/mol. The summed E-state index contributed by atoms with van der Waals surface area (Å²) in [6.45, 7) is 3.22. The van der Waals surface area contributed by atoms with Gasteiger partial charge in [-0.3, -0.25) is 9.59 Å². The summed E-state index contributed by atoms with van der Waals surface area (Å²) in [5.41, 5.74) is 3.89. The first-order valence-electron chi connectivity index (χ1n) is 6.03. The molecular formula is C13H17F2N3O2. The Kier molecular flexibility index (Phi) is 5.15. The van der Waals surface area contributed by atoms with Gasteiger partial charge in [-0.15, -0.1) is 0 Å². The molecule has 0 aliphatic heterocycles. The van der Waals surface area contributed by atoms with Crippen LogP contribution in [0.4, 0.5) is 8.78 Å². The Morgan fingerprint density at radius 2 is 1.65 bits per heavy atom. The Morgan fingerprint density at radius 1 is 1.15 bits per heavy atom. The number of hydrogen-bond acceptors (Lipinski definition) is 3. The number of halogens is 2. The molecule has 0 bridgehead atoms. The molecule has 20 heavy (non-hydrogen) atoms. The van der Waals surface area contributed by atoms with Gasteiger partial charge in [-0.05, 0) is 26.0 Å². The predicted octanol–water partition coefficient (Wildman–Crippen LogP) is 0.548. The van der Waals surface area contributed by atoms with Crippen molar-refractivity contribution >= 4 is 11.8 Å². The van der Waals surface area contributed by atoms with Gasteiger partial charge < -0.3 is 16.4 Å². The Balaban J connectivity index is 2.47. The van der Waals surface area contributed by atoms with Crippen molar-refractivity contribution in [2.24, 2.45) is 5.73 Å². The molecule has 1 rings (SSSR count). The van der Waals surface area contributed by atoms with Crippen molar-refractivity contribution in [3.63, 3.8) is 0 Å². The van der Waals surface area contributed by atoms with Gasteiger partial charge in [0.25, 0.3) is 5.91 Å². The van der Waals surface area contributed by atoms with Crippen LogP contribution in [0.2, 0.25) is 0 Å². The van der Waals surface area contributed by atoms with Gasteiger partial charge in [0, 0.05) is 13.1 Å². The van der Waals surface area contributed by atoms with Gasteiger partial charge >= 0.3 is 0 Å². The summed E-state index contributed by atoms with van der Waals surface area (Å²) in [6, 6.07) is 3.17. The molecule has 7 heteroatoms. The average Bonchev–Trinajstić information content (AvgIpc) is 2.32. The molecule has 0 saturated heterocycles. The van der Waals surface area contributed by atoms with Crippen molar-refractivity contribution in [3.05, 3.63) is 35.4 Å². The molecular weight excluding hydrogens is 268 g/mol. The van der Waals surface area contributed by atoms with Gasteiger partial charge in [0.15, 0.2) is 0 Å². The van der Waals surface area contributed by atoms with Crippen molar-refractivity contribution in [2.45, 2.75) is 19.4 Å². The van der Waals surface area contributed by atoms with Gasteiger partial charge in [0.05, 0.1) is 5.54 Å². The number of rotatable bonds is 5. The first-order chi connectivity index (χ1) is 9.23. The zero-order valence-electron chi connectivity index (χ0n) is 11.3. The predicted molar refractivity (Wildman–Crippen MR) is 70.0 cm³/mol. The molecule has 0 aliphatic carbocycles. The smallest absolute Gasteiger partial charge is 0.257 e. The normalized spacial score (nSPS) is 11.1. The van der Waals surface area contributed by atoms with Crippen LogP contribution in [0.5, 0.6) is 0 Å². The van der Waals surface area contributed by atoms with E-state index >= 15 is 0 Å². The van der Waals surface area contributed by atoms with E-state index in [1.165, 1.54) is 19.9 Å². The van der Waals surface area contributed by atoms with Gasteiger partial charge in [-0.1, -0.05) is 6.07 Å². The van der Waals surface area contributed by atoms with Gasteiger partial charge in [0.1, 0.15) is 17.2 Å². The lowest BCUT2D eigenvalue weighted by molar-refractivity contribution is -0.125. The fraction of sp³-hybridized carbons (Fsp3) is 0.385. The van der Waals surface area contributed by atoms with Crippen LogP contribution in [-0.4, -0.2) is 30.4 Å². The number of hydrogen-bond donors (Lipinski definition) is 3. The summed E-state index contributed by atoms with van der Waals surface area (Å²) in [5.74, 6) is -3.13. The van der Waals surface area contributed by atoms with E-state index < -0.39 is 28.6 Å². The number of carbonyl (C=O) groups is 2. The van der Waals surface area contributed by atoms with Crippen LogP contribution >= 0.6 is 0 Å². The largest absolute Gasteiger partial charge is 0.353 e. The number of benzene rings is 1. The van der Waals surface area contributed by atoms with Crippen LogP contribution in [0, 0.1) is 11.6 Å². The van der Waals surface area contributed by atoms with E-state index in [9.17, 15) is 18.4 Å². The molecule has 1 aromatic carbocycles. The van der Waals surface area contributed by atoms with Crippen molar-refractivity contribution in [3.8, 4) is 0 Å². The molecule has 0 saturated carbocycles. The second-order valence-corrected chi connectivity index (χ2v) is 4.83. The lowest BCUT2D eigenvalue weighted by atomic mass is 10.1. The molecule has 0 fully saturated rings. The van der Waals surface area contributed by atoms with Crippen LogP contribution in [-0.2, 0) is 4.79 Å². The van der Waals surface area contributed by atoms with Gasteiger partial charge in [-0.2, -0.15) is 0 Å². The summed E-state index contributed by atoms with van der Waals surface area (Å²) in [7, 11) is 0. The Hall–Kier alpha value is -2.02. The van der Waals surface area contributed by atoms with Crippen LogP contribution in [0.1, 0.15) is 24.2 Å². The molecule has 5 nitrogen and oxygen atoms in total. The van der Waals surface area contributed by atoms with E-state index in [4.69, 9.17) is 5.73 Å². The number of carbonyl (C=O) groups excluding carboxylic acids is 2. The molecule has 110 valence electrons. The highest BCUT2D eigenvalue weighted by Gasteiger charge is 2.21. The number of nitrogens with two attached hydrogens (primary N) is 1. The zero-order valence-corrected chi connectivity index (χ0v) is 11.3. The fourth-order valence-electron chi connectivity index (χ4n) is 1.38. The van der Waals surface area contributed by atoms with Gasteiger partial charge in [-0.25, -0.2) is 8.78 Å². The highest BCUT2D eigenvalue weighted by atomic mass is 19.1. The van der Waals surface area contributed by atoms with Crippen LogP contribution < -0.4 is 16.4 Å². The minimum atomic E-state index is -1.03. The lowest BCUT2D eigenvalue weighted by Crippen LogP contribution is -2.50. The van der Waals surface area contributed by atoms with E-state index in [1.54, 1.807) is 0 Å². The summed E-state index contributed by atoms with van der Waals surface area (Å²) in [5, 5.41) is 4.81. The first kappa shape index (κ1) is 16.0. The molecule has 0 aliphatic rings. The maximum atomic E-state index is 13.3. The quantitative estimate of drug-likeness (QED) is 0.691. The third-order valence-electron chi connectivity index (χ3n) is 2.47. The van der Waals surface area contributed by atoms with E-state index in [-0.39, 0.29) is 19.0 Å². The van der Waals surface area contributed by atoms with Crippen molar-refractivity contribution in [1.29, 1.82) is 0 Å². The van der Waals surface area contributed by atoms with Crippen molar-refractivity contribution in [1.82, 2.24) is 10.6 Å². The van der Waals surface area contributed by atoms with Crippen LogP contribution in [0.3, 0.4) is 0 Å². The minimum Gasteiger partial charge on any atom is -0.353 e. The third kappa shape index (κ3) is 4.27. The second kappa shape index (κ2) is 6.42. The summed E-state index contributed by atoms with van der Waals surface area (Å²) >= 11 is 0. The summed E-state index contributed by atoms with van der Waals surface area (Å²) < 4.78 is 26.6. The van der Waals surface area contributed by atoms with Crippen molar-refractivity contribution < 1.29 is 18.4 Å². The molecule has 0 spiro atoms. The highest BCUT2D eigenvalue weighted by molar-refractivity contribution is 5.94. The Morgan fingerprint density at radius 3 is 2.15 bits per heavy atom. The minimum absolute atomic E-state index is 0.0361. The Labute approximate surface area is 115 Å². The maximum Gasteiger partial charge on any atom is 0.257 e. The maximum absolute atomic E-state index is 13.3. The lowest BCUT2D eigenvalue weighted by Gasteiger charge is -2.17. The third-order valence-corrected chi connectivity index (χ3v) is 2.47. The van der Waals surface area contributed by atoms with E-state index in [1.807, 2.05) is 0 Å². The molecule has 1 aromatic rings. The van der Waals surface area contributed by atoms with E-state index in [0.29, 0.717) is 0 Å². The molecule has 2 amide bonds. The summed E-state index contributed by atoms with van der Waals surface area (Å²) in [6.07, 6.45) is 0. The molecule has 0 atom stereocenters. The van der Waals surface area contributed by atoms with Crippen LogP contribution in [0.25, 0.3) is 0 Å². The highest BCUT2D eigenvalue weighted by Crippen LogP contribution is 2.11. The standard InChI is InChI=1S/C13H17F2N3O2/c1-13(2,16)12(20)18-7-6-17-11(19)10-8(14)4-3-5-9(10)15/h3-5H,6-7,16H2,1-2H3,(H,17,19)(H,18,20). The van der Waals surface area contributed by atoms with Crippen LogP contribution in [0.15, 0.2) is 18.2 Å². The zero-order chi connectivity index (χ0) is 15.3. The second-order valence-electron chi connectivity index (χ2n) is 4.83. The molecule has 0 aromatic heterocycles. The first-order valence-corrected chi connectivity index (χ1v) is 6.03. The number of amides is 2. The van der Waals surface area contributed by atoms with Crippen molar-refractivity contribution in [2.75, 3.05) is 13.1 Å². The number of nitrogens with one attached hydrogen (secondary N) is 2. The fourth-order valence-corrected chi connectivity index (χ4v) is 1.38. The Bertz CT molecular complexity index is 493. The van der Waals surface area contributed by atoms with E-state index in [2.05, 4.69) is 10.6 Å². The van der Waals surface area contributed by atoms with E-state index in [0.717, 1.165) is 12.1 Å². The van der Waals surface area contributed by atoms with Gasteiger partial charge in [0.2, 0.25) is 5.91 Å². The molecule has 0 heterocycles. The topological polar surface area (TPSA) is 84.2 Å². The summed E-state index contributed by atoms with van der Waals surface area (Å²) in [4.78, 5) is 23.0. The SMILES string of the molecule is CC(C)(N)C(=O)NCCNC(=O)c1c(F)cccc1F. The monoisotopic (exact) mass is 285 g/mol. The molecule has 4 N–H and O–H groups in total. The molecule has 0 radical (unpaired) electrons.